The third-order valence-corrected chi connectivity index (χ3v) is 4.97. The smallest absolute Gasteiger partial charge is 0.256 e. The topological polar surface area (TPSA) is 40.5 Å². The predicted octanol–water partition coefficient (Wildman–Crippen LogP) is 4.12. The number of nitrogens with zero attached hydrogens (tertiary/aromatic N) is 1. The summed E-state index contributed by atoms with van der Waals surface area (Å²) >= 11 is 7.89. The van der Waals surface area contributed by atoms with Crippen molar-refractivity contribution in [2.75, 3.05) is 6.61 Å². The van der Waals surface area contributed by atoms with Gasteiger partial charge in [0, 0.05) is 6.54 Å². The van der Waals surface area contributed by atoms with Crippen LogP contribution in [-0.2, 0) is 6.54 Å². The van der Waals surface area contributed by atoms with Gasteiger partial charge in [0.2, 0.25) is 0 Å². The lowest BCUT2D eigenvalue weighted by atomic mass is 10.1. The summed E-state index contributed by atoms with van der Waals surface area (Å²) in [5.74, 6) is -0.138. The van der Waals surface area contributed by atoms with Crippen molar-refractivity contribution < 1.29 is 9.90 Å². The third kappa shape index (κ3) is 3.69. The fourth-order valence-electron chi connectivity index (χ4n) is 2.36. The Morgan fingerprint density at radius 2 is 2.18 bits per heavy atom. The lowest BCUT2D eigenvalue weighted by molar-refractivity contribution is 0.0564. The predicted molar refractivity (Wildman–Crippen MR) is 91.5 cm³/mol. The number of carbonyl (C=O) groups is 1. The van der Waals surface area contributed by atoms with Crippen LogP contribution in [0.2, 0.25) is 5.02 Å². The molecule has 2 rings (SSSR count). The van der Waals surface area contributed by atoms with Crippen molar-refractivity contribution in [2.45, 2.75) is 32.9 Å². The van der Waals surface area contributed by atoms with E-state index in [2.05, 4.69) is 0 Å². The summed E-state index contributed by atoms with van der Waals surface area (Å²) in [6.07, 6.45) is 0.690. The van der Waals surface area contributed by atoms with Gasteiger partial charge in [-0.1, -0.05) is 30.7 Å². The SMILES string of the molecule is CC[C@@H](CO)N(Cc1ccsc1)C(=O)c1cccc(C)c1Cl. The van der Waals surface area contributed by atoms with Gasteiger partial charge in [0.05, 0.1) is 23.2 Å². The summed E-state index contributed by atoms with van der Waals surface area (Å²) in [6.45, 7) is 4.26. The molecule has 3 nitrogen and oxygen atoms in total. The number of rotatable bonds is 6. The molecule has 1 amide bonds. The Bertz CT molecular complexity index is 624. The van der Waals surface area contributed by atoms with Crippen molar-refractivity contribution in [3.63, 3.8) is 0 Å². The Labute approximate surface area is 140 Å². The first-order chi connectivity index (χ1) is 10.6. The zero-order chi connectivity index (χ0) is 16.1. The van der Waals surface area contributed by atoms with Crippen LogP contribution < -0.4 is 0 Å². The van der Waals surface area contributed by atoms with Gasteiger partial charge in [-0.05, 0) is 47.4 Å². The van der Waals surface area contributed by atoms with Gasteiger partial charge in [-0.2, -0.15) is 11.3 Å². The van der Waals surface area contributed by atoms with E-state index in [1.54, 1.807) is 22.3 Å². The first-order valence-electron chi connectivity index (χ1n) is 7.26. The number of halogens is 1. The highest BCUT2D eigenvalue weighted by Gasteiger charge is 2.25. The molecule has 0 saturated carbocycles. The molecule has 0 radical (unpaired) electrons. The number of aliphatic hydroxyl groups is 1. The maximum atomic E-state index is 12.9. The summed E-state index contributed by atoms with van der Waals surface area (Å²) in [6, 6.07) is 7.22. The van der Waals surface area contributed by atoms with E-state index in [9.17, 15) is 9.90 Å². The van der Waals surface area contributed by atoms with Gasteiger partial charge in [0.25, 0.3) is 5.91 Å². The summed E-state index contributed by atoms with van der Waals surface area (Å²) < 4.78 is 0. The van der Waals surface area contributed by atoms with Crippen LogP contribution in [0.5, 0.6) is 0 Å². The number of carbonyl (C=O) groups excluding carboxylic acids is 1. The van der Waals surface area contributed by atoms with Gasteiger partial charge in [0.1, 0.15) is 0 Å². The summed E-state index contributed by atoms with van der Waals surface area (Å²) in [5, 5.41) is 14.1. The molecule has 1 aromatic heterocycles. The van der Waals surface area contributed by atoms with Crippen molar-refractivity contribution in [1.29, 1.82) is 0 Å². The second kappa shape index (κ2) is 7.77. The second-order valence-corrected chi connectivity index (χ2v) is 6.40. The van der Waals surface area contributed by atoms with Crippen molar-refractivity contribution in [3.05, 3.63) is 56.7 Å². The number of hydrogen-bond acceptors (Lipinski definition) is 3. The Hall–Kier alpha value is -1.36. The standard InChI is InChI=1S/C17H20ClNO2S/c1-3-14(10-20)19(9-13-7-8-22-11-13)17(21)15-6-4-5-12(2)16(15)18/h4-8,11,14,20H,3,9-10H2,1-2H3/t14-/m0/s1. The van der Waals surface area contributed by atoms with Gasteiger partial charge in [0.15, 0.2) is 0 Å². The number of amides is 1. The second-order valence-electron chi connectivity index (χ2n) is 5.25. The van der Waals surface area contributed by atoms with Crippen molar-refractivity contribution in [3.8, 4) is 0 Å². The lowest BCUT2D eigenvalue weighted by Crippen LogP contribution is -2.41. The van der Waals surface area contributed by atoms with Crippen LogP contribution in [0.3, 0.4) is 0 Å². The minimum atomic E-state index is -0.219. The summed E-state index contributed by atoms with van der Waals surface area (Å²) in [5.41, 5.74) is 2.43. The molecule has 0 aliphatic carbocycles. The fraction of sp³-hybridized carbons (Fsp3) is 0.353. The van der Waals surface area contributed by atoms with Gasteiger partial charge >= 0.3 is 0 Å². The monoisotopic (exact) mass is 337 g/mol. The van der Waals surface area contributed by atoms with Crippen LogP contribution in [0.4, 0.5) is 0 Å². The normalized spacial score (nSPS) is 12.2. The number of benzene rings is 1. The maximum Gasteiger partial charge on any atom is 0.256 e. The van der Waals surface area contributed by atoms with Gasteiger partial charge in [-0.15, -0.1) is 0 Å². The highest BCUT2D eigenvalue weighted by atomic mass is 35.5. The van der Waals surface area contributed by atoms with E-state index >= 15 is 0 Å². The van der Waals surface area contributed by atoms with E-state index in [0.29, 0.717) is 23.6 Å². The molecule has 0 aliphatic heterocycles. The molecule has 22 heavy (non-hydrogen) atoms. The third-order valence-electron chi connectivity index (χ3n) is 3.74. The van der Waals surface area contributed by atoms with Crippen LogP contribution in [0.1, 0.15) is 34.8 Å². The molecular weight excluding hydrogens is 318 g/mol. The quantitative estimate of drug-likeness (QED) is 0.861. The van der Waals surface area contributed by atoms with Gasteiger partial charge in [-0.25, -0.2) is 0 Å². The molecule has 1 N–H and O–H groups in total. The number of hydrogen-bond donors (Lipinski definition) is 1. The van der Waals surface area contributed by atoms with Crippen molar-refractivity contribution >= 4 is 28.8 Å². The van der Waals surface area contributed by atoms with Crippen LogP contribution in [0, 0.1) is 6.92 Å². The average Bonchev–Trinajstić information content (AvgIpc) is 3.02. The molecule has 0 spiro atoms. The molecule has 118 valence electrons. The van der Waals surface area contributed by atoms with E-state index in [-0.39, 0.29) is 18.6 Å². The molecule has 0 fully saturated rings. The Morgan fingerprint density at radius 1 is 1.41 bits per heavy atom. The number of aliphatic hydroxyl groups excluding tert-OH is 1. The molecule has 1 aromatic carbocycles. The van der Waals surface area contributed by atoms with E-state index in [0.717, 1.165) is 11.1 Å². The molecule has 0 unspecified atom stereocenters. The Balaban J connectivity index is 2.34. The zero-order valence-corrected chi connectivity index (χ0v) is 14.3. The van der Waals surface area contributed by atoms with Crippen LogP contribution >= 0.6 is 22.9 Å². The number of thiophene rings is 1. The maximum absolute atomic E-state index is 12.9. The lowest BCUT2D eigenvalue weighted by Gasteiger charge is -2.30. The molecule has 0 saturated heterocycles. The molecule has 1 heterocycles. The molecule has 0 aliphatic rings. The fourth-order valence-corrected chi connectivity index (χ4v) is 3.23. The Kier molecular flexibility index (Phi) is 6.00. The minimum Gasteiger partial charge on any atom is -0.394 e. The average molecular weight is 338 g/mol. The molecule has 2 aromatic rings. The minimum absolute atomic E-state index is 0.0597. The summed E-state index contributed by atoms with van der Waals surface area (Å²) in [4.78, 5) is 14.6. The highest BCUT2D eigenvalue weighted by Crippen LogP contribution is 2.24. The molecule has 5 heteroatoms. The van der Waals surface area contributed by atoms with Crippen LogP contribution in [0.15, 0.2) is 35.0 Å². The first-order valence-corrected chi connectivity index (χ1v) is 8.58. The molecular formula is C17H20ClNO2S. The molecule has 1 atom stereocenters. The number of aryl methyl sites for hydroxylation is 1. The van der Waals surface area contributed by atoms with Gasteiger partial charge < -0.3 is 10.0 Å². The van der Waals surface area contributed by atoms with E-state index in [1.807, 2.05) is 42.8 Å². The molecule has 0 bridgehead atoms. The van der Waals surface area contributed by atoms with Crippen molar-refractivity contribution in [2.24, 2.45) is 0 Å². The Morgan fingerprint density at radius 3 is 2.77 bits per heavy atom. The highest BCUT2D eigenvalue weighted by molar-refractivity contribution is 7.07. The van der Waals surface area contributed by atoms with E-state index in [4.69, 9.17) is 11.6 Å². The van der Waals surface area contributed by atoms with Crippen LogP contribution in [-0.4, -0.2) is 28.6 Å². The first kappa shape index (κ1) is 17.0. The van der Waals surface area contributed by atoms with Gasteiger partial charge in [-0.3, -0.25) is 4.79 Å². The van der Waals surface area contributed by atoms with E-state index in [1.165, 1.54) is 0 Å². The van der Waals surface area contributed by atoms with E-state index < -0.39 is 0 Å². The largest absolute Gasteiger partial charge is 0.394 e. The summed E-state index contributed by atoms with van der Waals surface area (Å²) in [7, 11) is 0. The van der Waals surface area contributed by atoms with Crippen molar-refractivity contribution in [1.82, 2.24) is 4.90 Å². The van der Waals surface area contributed by atoms with Crippen LogP contribution in [0.25, 0.3) is 0 Å². The zero-order valence-electron chi connectivity index (χ0n) is 12.8.